The molecule has 3 heterocycles. The molecule has 0 spiro atoms. The molecule has 0 unspecified atom stereocenters. The summed E-state index contributed by atoms with van der Waals surface area (Å²) in [5.74, 6) is -0.159. The van der Waals surface area contributed by atoms with Gasteiger partial charge in [0, 0.05) is 36.4 Å². The van der Waals surface area contributed by atoms with E-state index in [4.69, 9.17) is 0 Å². The van der Waals surface area contributed by atoms with Crippen molar-refractivity contribution in [3.8, 4) is 0 Å². The number of hydrogen-bond donors (Lipinski definition) is 1. The van der Waals surface area contributed by atoms with Crippen molar-refractivity contribution in [2.75, 3.05) is 50.0 Å². The molecule has 1 fully saturated rings. The summed E-state index contributed by atoms with van der Waals surface area (Å²) >= 11 is 1.50. The Balaban J connectivity index is 0.00000210. The lowest BCUT2D eigenvalue weighted by Gasteiger charge is -2.33. The number of fused-ring (bicyclic) bond motifs is 2. The summed E-state index contributed by atoms with van der Waals surface area (Å²) in [6.45, 7) is 6.00. The Kier molecular flexibility index (Phi) is 10.9. The molecular weight excluding hydrogens is 451 g/mol. The molecule has 0 aliphatic carbocycles. The molecule has 2 amide bonds. The molecule has 8 nitrogen and oxygen atoms in total. The number of halogens is 2. The molecule has 1 aromatic carbocycles. The largest absolute Gasteiger partial charge is 0.412 e. The van der Waals surface area contributed by atoms with Crippen molar-refractivity contribution in [1.82, 2.24) is 9.80 Å². The van der Waals surface area contributed by atoms with Crippen LogP contribution in [0.4, 0.5) is 17.1 Å². The number of carbonyl (C=O) groups is 2. The second-order valence-electron chi connectivity index (χ2n) is 6.83. The Labute approximate surface area is 192 Å². The lowest BCUT2D eigenvalue weighted by molar-refractivity contribution is -0.119. The number of nitrogens with one attached hydrogen (secondary N) is 1. The zero-order valence-corrected chi connectivity index (χ0v) is 19.3. The lowest BCUT2D eigenvalue weighted by atomic mass is 10.2. The summed E-state index contributed by atoms with van der Waals surface area (Å²) in [4.78, 5) is 33.1. The van der Waals surface area contributed by atoms with Gasteiger partial charge in [0.1, 0.15) is 0 Å². The van der Waals surface area contributed by atoms with E-state index in [2.05, 4.69) is 22.2 Å². The summed E-state index contributed by atoms with van der Waals surface area (Å²) < 4.78 is 0. The molecule has 0 bridgehead atoms. The fourth-order valence-corrected chi connectivity index (χ4v) is 4.33. The maximum Gasteiger partial charge on any atom is 0.258 e. The maximum atomic E-state index is 13.3. The van der Waals surface area contributed by atoms with Crippen molar-refractivity contribution < 1.29 is 20.5 Å². The lowest BCUT2D eigenvalue weighted by Crippen LogP contribution is -2.48. The zero-order valence-electron chi connectivity index (χ0n) is 16.8. The number of para-hydroxylation sites is 2. The van der Waals surface area contributed by atoms with E-state index in [1.54, 1.807) is 4.90 Å². The number of amides is 2. The van der Waals surface area contributed by atoms with Gasteiger partial charge in [-0.25, -0.2) is 0 Å². The minimum Gasteiger partial charge on any atom is -0.412 e. The zero-order chi connectivity index (χ0) is 18.3. The highest BCUT2D eigenvalue weighted by Gasteiger charge is 2.32. The van der Waals surface area contributed by atoms with Gasteiger partial charge in [-0.05, 0) is 26.1 Å². The average Bonchev–Trinajstić information content (AvgIpc) is 2.94. The molecule has 0 atom stereocenters. The Hall–Kier alpha value is -1.72. The highest BCUT2D eigenvalue weighted by Crippen LogP contribution is 2.42. The molecular formula is C19H28Cl2N4O4S. The van der Waals surface area contributed by atoms with E-state index in [-0.39, 0.29) is 47.6 Å². The number of carbonyl (C=O) groups excluding carboxylic acids is 2. The van der Waals surface area contributed by atoms with Crippen molar-refractivity contribution in [3.05, 3.63) is 40.1 Å². The molecule has 1 aromatic heterocycles. The monoisotopic (exact) mass is 478 g/mol. The highest BCUT2D eigenvalue weighted by atomic mass is 35.5. The van der Waals surface area contributed by atoms with E-state index < -0.39 is 0 Å². The summed E-state index contributed by atoms with van der Waals surface area (Å²) in [6.07, 6.45) is 0. The molecule has 11 heteroatoms. The molecule has 0 saturated carbocycles. The number of nitrogens with zero attached hydrogens (tertiary/aromatic N) is 3. The van der Waals surface area contributed by atoms with Crippen LogP contribution in [-0.2, 0) is 4.79 Å². The first-order valence-electron chi connectivity index (χ1n) is 8.77. The Morgan fingerprint density at radius 3 is 2.40 bits per heavy atom. The van der Waals surface area contributed by atoms with E-state index in [1.807, 2.05) is 36.6 Å². The van der Waals surface area contributed by atoms with Gasteiger partial charge in [0.15, 0.2) is 0 Å². The number of hydrogen-bond acceptors (Lipinski definition) is 5. The molecule has 2 aromatic rings. The molecule has 4 rings (SSSR count). The third-order valence-corrected chi connectivity index (χ3v) is 5.91. The van der Waals surface area contributed by atoms with Gasteiger partial charge >= 0.3 is 0 Å². The van der Waals surface area contributed by atoms with E-state index >= 15 is 0 Å². The number of benzene rings is 1. The van der Waals surface area contributed by atoms with Crippen LogP contribution >= 0.6 is 36.2 Å². The average molecular weight is 479 g/mol. The van der Waals surface area contributed by atoms with Crippen LogP contribution in [0.1, 0.15) is 15.2 Å². The quantitative estimate of drug-likeness (QED) is 0.706. The van der Waals surface area contributed by atoms with Crippen LogP contribution in [0.5, 0.6) is 0 Å². The summed E-state index contributed by atoms with van der Waals surface area (Å²) in [6, 6.07) is 7.50. The molecule has 30 heavy (non-hydrogen) atoms. The molecule has 2 aliphatic heterocycles. The molecule has 5 N–H and O–H groups in total. The normalized spacial score (nSPS) is 15.7. The van der Waals surface area contributed by atoms with Crippen molar-refractivity contribution in [2.24, 2.45) is 0 Å². The maximum absolute atomic E-state index is 13.3. The topological polar surface area (TPSA) is 119 Å². The van der Waals surface area contributed by atoms with Crippen molar-refractivity contribution >= 4 is 65.0 Å². The fraction of sp³-hybridized carbons (Fsp3) is 0.368. The number of piperazine rings is 1. The Morgan fingerprint density at radius 2 is 1.73 bits per heavy atom. The second kappa shape index (κ2) is 11.6. The Bertz CT molecular complexity index is 872. The van der Waals surface area contributed by atoms with Crippen molar-refractivity contribution in [1.29, 1.82) is 0 Å². The third kappa shape index (κ3) is 5.30. The SMILES string of the molecule is Cc1scc2c1N(C(=O)CN1CCN(C)CC1)c1ccccc1NC2=O.Cl.Cl.O.O. The van der Waals surface area contributed by atoms with E-state index in [9.17, 15) is 9.59 Å². The van der Waals surface area contributed by atoms with Gasteiger partial charge < -0.3 is 21.2 Å². The van der Waals surface area contributed by atoms with Gasteiger partial charge in [0.05, 0.1) is 29.2 Å². The molecule has 2 aliphatic rings. The van der Waals surface area contributed by atoms with Gasteiger partial charge in [-0.3, -0.25) is 19.4 Å². The van der Waals surface area contributed by atoms with Crippen LogP contribution in [0.25, 0.3) is 0 Å². The van der Waals surface area contributed by atoms with Crippen LogP contribution in [0.3, 0.4) is 0 Å². The van der Waals surface area contributed by atoms with Gasteiger partial charge in [-0.1, -0.05) is 12.1 Å². The van der Waals surface area contributed by atoms with Gasteiger partial charge in [-0.2, -0.15) is 0 Å². The first-order valence-corrected chi connectivity index (χ1v) is 9.65. The van der Waals surface area contributed by atoms with Crippen molar-refractivity contribution in [3.63, 3.8) is 0 Å². The van der Waals surface area contributed by atoms with Crippen LogP contribution in [0.15, 0.2) is 29.6 Å². The molecule has 168 valence electrons. The molecule has 0 radical (unpaired) electrons. The minimum absolute atomic E-state index is 0. The predicted molar refractivity (Wildman–Crippen MR) is 126 cm³/mol. The van der Waals surface area contributed by atoms with E-state index in [1.165, 1.54) is 11.3 Å². The van der Waals surface area contributed by atoms with Crippen molar-refractivity contribution in [2.45, 2.75) is 6.92 Å². The van der Waals surface area contributed by atoms with Crippen LogP contribution in [0.2, 0.25) is 0 Å². The number of thiophene rings is 1. The number of aryl methyl sites for hydroxylation is 1. The van der Waals surface area contributed by atoms with Crippen LogP contribution < -0.4 is 10.2 Å². The first kappa shape index (κ1) is 28.3. The number of anilines is 3. The molecule has 1 saturated heterocycles. The third-order valence-electron chi connectivity index (χ3n) is 5.01. The first-order chi connectivity index (χ1) is 12.5. The van der Waals surface area contributed by atoms with Gasteiger partial charge in [0.25, 0.3) is 5.91 Å². The summed E-state index contributed by atoms with van der Waals surface area (Å²) in [7, 11) is 2.10. The van der Waals surface area contributed by atoms with E-state index in [0.717, 1.165) is 42.4 Å². The standard InChI is InChI=1S/C19H22N4O2S.2ClH.2H2O/c1-13-18-14(12-26-13)19(25)20-15-5-3-4-6-16(15)23(18)17(24)11-22-9-7-21(2)8-10-22;;;;/h3-6,12H,7-11H2,1-2H3,(H,20,25);2*1H;2*1H2. The highest BCUT2D eigenvalue weighted by molar-refractivity contribution is 7.11. The summed E-state index contributed by atoms with van der Waals surface area (Å²) in [5.41, 5.74) is 2.69. The van der Waals surface area contributed by atoms with Crippen LogP contribution in [0, 0.1) is 6.92 Å². The van der Waals surface area contributed by atoms with Crippen LogP contribution in [-0.4, -0.2) is 72.3 Å². The minimum atomic E-state index is -0.160. The Morgan fingerprint density at radius 1 is 1.10 bits per heavy atom. The predicted octanol–water partition coefficient (Wildman–Crippen LogP) is 1.73. The fourth-order valence-electron chi connectivity index (χ4n) is 3.50. The number of rotatable bonds is 2. The van der Waals surface area contributed by atoms with Gasteiger partial charge in [0.2, 0.25) is 5.91 Å². The smallest absolute Gasteiger partial charge is 0.258 e. The second-order valence-corrected chi connectivity index (χ2v) is 7.92. The van der Waals surface area contributed by atoms with E-state index in [0.29, 0.717) is 17.8 Å². The number of likely N-dealkylation sites (N-methyl/N-ethyl adjacent to an activating group) is 1. The van der Waals surface area contributed by atoms with Gasteiger partial charge in [-0.15, -0.1) is 36.2 Å². The summed E-state index contributed by atoms with van der Waals surface area (Å²) in [5, 5.41) is 4.78.